The maximum atomic E-state index is 5.93. The minimum atomic E-state index is 0.477. The molecule has 1 aromatic carbocycles. The minimum absolute atomic E-state index is 0.477. The predicted octanol–water partition coefficient (Wildman–Crippen LogP) is 3.04. The van der Waals surface area contributed by atoms with E-state index in [-0.39, 0.29) is 0 Å². The van der Waals surface area contributed by atoms with Crippen LogP contribution in [0.5, 0.6) is 0 Å². The predicted molar refractivity (Wildman–Crippen MR) is 86.9 cm³/mol. The zero-order valence-electron chi connectivity index (χ0n) is 12.3. The van der Waals surface area contributed by atoms with Crippen LogP contribution in [0.25, 0.3) is 0 Å². The Balaban J connectivity index is 1.60. The molecule has 0 unspecified atom stereocenters. The van der Waals surface area contributed by atoms with E-state index in [0.29, 0.717) is 6.10 Å². The number of nitrogens with one attached hydrogen (secondary N) is 1. The van der Waals surface area contributed by atoms with Crippen LogP contribution in [0.15, 0.2) is 28.7 Å². The lowest BCUT2D eigenvalue weighted by Crippen LogP contribution is -2.33. The summed E-state index contributed by atoms with van der Waals surface area (Å²) in [5, 5.41) is 3.36. The van der Waals surface area contributed by atoms with Gasteiger partial charge >= 0.3 is 0 Å². The van der Waals surface area contributed by atoms with Crippen molar-refractivity contribution >= 4 is 15.9 Å². The highest BCUT2D eigenvalue weighted by molar-refractivity contribution is 9.10. The average Bonchev–Trinajstić information content (AvgIpc) is 2.47. The molecule has 0 spiro atoms. The van der Waals surface area contributed by atoms with Gasteiger partial charge in [-0.05, 0) is 51.0 Å². The number of hydrogen-bond donors (Lipinski definition) is 1. The van der Waals surface area contributed by atoms with Crippen LogP contribution in [0.4, 0.5) is 0 Å². The number of nitrogens with zero attached hydrogens (tertiary/aromatic N) is 1. The Morgan fingerprint density at radius 3 is 2.80 bits per heavy atom. The van der Waals surface area contributed by atoms with Gasteiger partial charge in [-0.2, -0.15) is 0 Å². The van der Waals surface area contributed by atoms with Gasteiger partial charge < -0.3 is 15.0 Å². The monoisotopic (exact) mass is 340 g/mol. The zero-order chi connectivity index (χ0) is 14.2. The van der Waals surface area contributed by atoms with Gasteiger partial charge in [0.15, 0.2) is 0 Å². The van der Waals surface area contributed by atoms with E-state index in [4.69, 9.17) is 4.74 Å². The zero-order valence-corrected chi connectivity index (χ0v) is 13.9. The fourth-order valence-corrected chi connectivity index (χ4v) is 2.95. The first-order valence-electron chi connectivity index (χ1n) is 7.50. The summed E-state index contributed by atoms with van der Waals surface area (Å²) in [5.41, 5.74) is 1.34. The van der Waals surface area contributed by atoms with Crippen LogP contribution in [0.1, 0.15) is 24.8 Å². The molecular weight excluding hydrogens is 316 g/mol. The second kappa shape index (κ2) is 8.78. The maximum absolute atomic E-state index is 5.93. The van der Waals surface area contributed by atoms with Crippen LogP contribution < -0.4 is 5.32 Å². The van der Waals surface area contributed by atoms with E-state index in [2.05, 4.69) is 57.5 Å². The molecule has 0 amide bonds. The van der Waals surface area contributed by atoms with Gasteiger partial charge in [0.1, 0.15) is 0 Å². The van der Waals surface area contributed by atoms with Gasteiger partial charge in [-0.1, -0.05) is 34.1 Å². The van der Waals surface area contributed by atoms with Crippen LogP contribution in [0, 0.1) is 0 Å². The Morgan fingerprint density at radius 2 is 2.05 bits per heavy atom. The third-order valence-corrected chi connectivity index (χ3v) is 4.50. The fourth-order valence-electron chi connectivity index (χ4n) is 2.54. The highest BCUT2D eigenvalue weighted by Gasteiger charge is 2.12. The van der Waals surface area contributed by atoms with Crippen LogP contribution >= 0.6 is 15.9 Å². The fraction of sp³-hybridized carbons (Fsp3) is 0.625. The molecule has 4 heteroatoms. The van der Waals surface area contributed by atoms with Crippen molar-refractivity contribution in [3.05, 3.63) is 34.3 Å². The highest BCUT2D eigenvalue weighted by atomic mass is 79.9. The molecule has 1 aliphatic heterocycles. The molecule has 1 aromatic rings. The standard InChI is InChI=1S/C16H25BrN2O/c1-19(13-14-5-2-3-6-16(14)17)11-4-12-20-15-7-9-18-10-8-15/h2-3,5-6,15,18H,4,7-13H2,1H3. The minimum Gasteiger partial charge on any atom is -0.378 e. The van der Waals surface area contributed by atoms with E-state index in [1.807, 2.05) is 0 Å². The highest BCUT2D eigenvalue weighted by Crippen LogP contribution is 2.17. The van der Waals surface area contributed by atoms with E-state index in [1.165, 1.54) is 10.0 Å². The van der Waals surface area contributed by atoms with Crippen molar-refractivity contribution in [3.63, 3.8) is 0 Å². The van der Waals surface area contributed by atoms with E-state index >= 15 is 0 Å². The number of ether oxygens (including phenoxy) is 1. The topological polar surface area (TPSA) is 24.5 Å². The van der Waals surface area contributed by atoms with Crippen molar-refractivity contribution in [3.8, 4) is 0 Å². The van der Waals surface area contributed by atoms with Gasteiger partial charge in [0.05, 0.1) is 6.10 Å². The molecule has 112 valence electrons. The number of halogens is 1. The Labute approximate surface area is 130 Å². The van der Waals surface area contributed by atoms with Crippen molar-refractivity contribution < 1.29 is 4.74 Å². The number of hydrogen-bond acceptors (Lipinski definition) is 3. The van der Waals surface area contributed by atoms with Crippen LogP contribution in [-0.4, -0.2) is 44.3 Å². The molecule has 0 radical (unpaired) electrons. The smallest absolute Gasteiger partial charge is 0.0599 e. The molecule has 0 saturated carbocycles. The Bertz CT molecular complexity index is 394. The van der Waals surface area contributed by atoms with Gasteiger partial charge in [0.2, 0.25) is 0 Å². The molecule has 0 aliphatic carbocycles. The summed E-state index contributed by atoms with van der Waals surface area (Å²) in [6.45, 7) is 5.14. The SMILES string of the molecule is CN(CCCOC1CCNCC1)Cc1ccccc1Br. The normalized spacial score (nSPS) is 16.8. The van der Waals surface area contributed by atoms with E-state index in [9.17, 15) is 0 Å². The molecule has 1 fully saturated rings. The third-order valence-electron chi connectivity index (χ3n) is 3.72. The lowest BCUT2D eigenvalue weighted by molar-refractivity contribution is 0.0284. The molecule has 0 bridgehead atoms. The van der Waals surface area contributed by atoms with E-state index in [1.54, 1.807) is 0 Å². The largest absolute Gasteiger partial charge is 0.378 e. The van der Waals surface area contributed by atoms with Crippen molar-refractivity contribution in [2.45, 2.75) is 31.9 Å². The second-order valence-corrected chi connectivity index (χ2v) is 6.36. The molecule has 1 N–H and O–H groups in total. The summed E-state index contributed by atoms with van der Waals surface area (Å²) in [5.74, 6) is 0. The van der Waals surface area contributed by atoms with Gasteiger partial charge in [0, 0.05) is 24.2 Å². The molecule has 1 aliphatic rings. The lowest BCUT2D eigenvalue weighted by Gasteiger charge is -2.23. The van der Waals surface area contributed by atoms with Crippen LogP contribution in [0.3, 0.4) is 0 Å². The van der Waals surface area contributed by atoms with Gasteiger partial charge in [0.25, 0.3) is 0 Å². The Hall–Kier alpha value is -0.420. The van der Waals surface area contributed by atoms with Crippen molar-refractivity contribution in [1.82, 2.24) is 10.2 Å². The van der Waals surface area contributed by atoms with E-state index < -0.39 is 0 Å². The molecule has 2 rings (SSSR count). The van der Waals surface area contributed by atoms with Gasteiger partial charge in [-0.25, -0.2) is 0 Å². The number of rotatable bonds is 7. The summed E-state index contributed by atoms with van der Waals surface area (Å²) >= 11 is 3.60. The van der Waals surface area contributed by atoms with Crippen molar-refractivity contribution in [2.75, 3.05) is 33.3 Å². The molecule has 1 saturated heterocycles. The number of benzene rings is 1. The van der Waals surface area contributed by atoms with Crippen LogP contribution in [-0.2, 0) is 11.3 Å². The average molecular weight is 341 g/mol. The number of piperidine rings is 1. The Kier molecular flexibility index (Phi) is 7.00. The third kappa shape index (κ3) is 5.52. The molecule has 20 heavy (non-hydrogen) atoms. The first-order valence-corrected chi connectivity index (χ1v) is 8.29. The summed E-state index contributed by atoms with van der Waals surface area (Å²) in [6.07, 6.45) is 3.90. The molecular formula is C16H25BrN2O. The Morgan fingerprint density at radius 1 is 1.30 bits per heavy atom. The molecule has 3 nitrogen and oxygen atoms in total. The van der Waals surface area contributed by atoms with Gasteiger partial charge in [-0.15, -0.1) is 0 Å². The van der Waals surface area contributed by atoms with Crippen molar-refractivity contribution in [2.24, 2.45) is 0 Å². The lowest BCUT2D eigenvalue weighted by atomic mass is 10.1. The van der Waals surface area contributed by atoms with Gasteiger partial charge in [-0.3, -0.25) is 0 Å². The summed E-state index contributed by atoms with van der Waals surface area (Å²) in [6, 6.07) is 8.42. The summed E-state index contributed by atoms with van der Waals surface area (Å²) in [4.78, 5) is 2.35. The maximum Gasteiger partial charge on any atom is 0.0599 e. The quantitative estimate of drug-likeness (QED) is 0.772. The summed E-state index contributed by atoms with van der Waals surface area (Å²) in [7, 11) is 2.17. The molecule has 0 atom stereocenters. The summed E-state index contributed by atoms with van der Waals surface area (Å²) < 4.78 is 7.12. The van der Waals surface area contributed by atoms with Crippen LogP contribution in [0.2, 0.25) is 0 Å². The first-order chi connectivity index (χ1) is 9.75. The molecule has 0 aromatic heterocycles. The first kappa shape index (κ1) is 16.0. The second-order valence-electron chi connectivity index (χ2n) is 5.50. The molecule has 1 heterocycles. The van der Waals surface area contributed by atoms with Crippen molar-refractivity contribution in [1.29, 1.82) is 0 Å². The van der Waals surface area contributed by atoms with E-state index in [0.717, 1.165) is 52.0 Å².